The molecule has 20 heteroatoms. The lowest BCUT2D eigenvalue weighted by Crippen LogP contribution is -2.68. The zero-order valence-corrected chi connectivity index (χ0v) is 34.5. The minimum Gasteiger partial charge on any atom is -0.394 e. The number of carbonyl (C=O) groups is 2. The monoisotopic (exact) mass is 858 g/mol. The van der Waals surface area contributed by atoms with Crippen molar-refractivity contribution < 1.29 is 69.4 Å². The standard InChI is InChI=1S/C40H66N4O16/c1-21(2)15-13-11-9-7-5-4-6-8-10-12-14-16-26(48)42-29-33(53)30(50)24(57-39(29)60-38-28(41-22(3)46)32(52)31(51)25(20-45)58-38)19-23(47)36-34(54)35(55)37(59-36)44-18-17-27(49)43-40(44)56/h14,16-18,21,23-25,28-39,45,47,50-55H,4-13,15,19-20H2,1-3H3,(H,41,46)(H,42,48)(H,43,49,56)/b16-14+/t23-,24+,25-,28-,29-,30+,31-,32-,33-,34+,35-,36-,37-,38+,39+/m1/s1. The summed E-state index contributed by atoms with van der Waals surface area (Å²) in [6.45, 7) is 4.83. The number of aromatic nitrogens is 2. The van der Waals surface area contributed by atoms with E-state index >= 15 is 0 Å². The topological polar surface area (TPSA) is 312 Å². The predicted octanol–water partition coefficient (Wildman–Crippen LogP) is -1.70. The minimum absolute atomic E-state index is 0.597. The number of amides is 2. The number of nitrogens with one attached hydrogen (secondary N) is 3. The molecule has 15 atom stereocenters. The highest BCUT2D eigenvalue weighted by molar-refractivity contribution is 5.87. The van der Waals surface area contributed by atoms with Crippen LogP contribution in [-0.4, -0.2) is 155 Å². The number of hydrogen-bond donors (Lipinski definition) is 11. The van der Waals surface area contributed by atoms with Gasteiger partial charge in [-0.2, -0.15) is 0 Å². The van der Waals surface area contributed by atoms with E-state index in [0.29, 0.717) is 6.42 Å². The van der Waals surface area contributed by atoms with Gasteiger partial charge in [-0.15, -0.1) is 0 Å². The number of nitrogens with zero attached hydrogens (tertiary/aromatic N) is 1. The Morgan fingerprint density at radius 1 is 0.800 bits per heavy atom. The van der Waals surface area contributed by atoms with Crippen molar-refractivity contribution in [1.82, 2.24) is 20.2 Å². The maximum absolute atomic E-state index is 13.2. The van der Waals surface area contributed by atoms with Gasteiger partial charge in [-0.3, -0.25) is 23.9 Å². The molecule has 342 valence electrons. The Kier molecular flexibility index (Phi) is 19.7. The summed E-state index contributed by atoms with van der Waals surface area (Å²) in [6.07, 6.45) is -6.31. The number of H-pyrrole nitrogens is 1. The van der Waals surface area contributed by atoms with Crippen LogP contribution in [0.1, 0.15) is 104 Å². The van der Waals surface area contributed by atoms with E-state index in [1.165, 1.54) is 44.6 Å². The van der Waals surface area contributed by atoms with E-state index in [1.54, 1.807) is 6.08 Å². The van der Waals surface area contributed by atoms with Gasteiger partial charge in [-0.05, 0) is 24.8 Å². The average molecular weight is 859 g/mol. The Labute approximate surface area is 348 Å². The highest BCUT2D eigenvalue weighted by Gasteiger charge is 2.53. The third kappa shape index (κ3) is 13.7. The summed E-state index contributed by atoms with van der Waals surface area (Å²) >= 11 is 0. The van der Waals surface area contributed by atoms with Gasteiger partial charge in [0, 0.05) is 25.6 Å². The number of aliphatic hydroxyl groups is 8. The van der Waals surface area contributed by atoms with Crippen molar-refractivity contribution in [1.29, 1.82) is 0 Å². The Balaban J connectivity index is 1.42. The van der Waals surface area contributed by atoms with Gasteiger partial charge in [-0.25, -0.2) is 4.79 Å². The molecule has 2 amide bonds. The van der Waals surface area contributed by atoms with Gasteiger partial charge >= 0.3 is 5.69 Å². The van der Waals surface area contributed by atoms with Crippen LogP contribution in [0.25, 0.3) is 0 Å². The number of ether oxygens (including phenoxy) is 4. The third-order valence-electron chi connectivity index (χ3n) is 11.2. The second kappa shape index (κ2) is 23.9. The van der Waals surface area contributed by atoms with E-state index in [0.717, 1.165) is 55.4 Å². The van der Waals surface area contributed by atoms with Crippen molar-refractivity contribution in [2.45, 2.75) is 190 Å². The first-order valence-corrected chi connectivity index (χ1v) is 21.1. The molecule has 0 spiro atoms. The molecule has 20 nitrogen and oxygen atoms in total. The smallest absolute Gasteiger partial charge is 0.330 e. The minimum atomic E-state index is -1.85. The first kappa shape index (κ1) is 49.5. The van der Waals surface area contributed by atoms with E-state index < -0.39 is 128 Å². The van der Waals surface area contributed by atoms with Crippen molar-refractivity contribution in [3.8, 4) is 0 Å². The van der Waals surface area contributed by atoms with Crippen LogP contribution >= 0.6 is 0 Å². The largest absolute Gasteiger partial charge is 0.394 e. The molecular weight excluding hydrogens is 792 g/mol. The van der Waals surface area contributed by atoms with Crippen molar-refractivity contribution in [3.63, 3.8) is 0 Å². The molecule has 4 rings (SSSR count). The number of carbonyl (C=O) groups excluding carboxylic acids is 2. The second-order valence-corrected chi connectivity index (χ2v) is 16.5. The zero-order valence-electron chi connectivity index (χ0n) is 34.5. The van der Waals surface area contributed by atoms with Crippen LogP contribution < -0.4 is 21.9 Å². The van der Waals surface area contributed by atoms with Crippen molar-refractivity contribution in [2.75, 3.05) is 6.61 Å². The van der Waals surface area contributed by atoms with Crippen LogP contribution in [0.3, 0.4) is 0 Å². The van der Waals surface area contributed by atoms with Gasteiger partial charge in [0.25, 0.3) is 5.56 Å². The highest BCUT2D eigenvalue weighted by atomic mass is 16.8. The molecule has 3 aliphatic rings. The Morgan fingerprint density at radius 3 is 1.95 bits per heavy atom. The predicted molar refractivity (Wildman–Crippen MR) is 212 cm³/mol. The second-order valence-electron chi connectivity index (χ2n) is 16.5. The van der Waals surface area contributed by atoms with Gasteiger partial charge in [-0.1, -0.05) is 77.7 Å². The summed E-state index contributed by atoms with van der Waals surface area (Å²) < 4.78 is 24.1. The van der Waals surface area contributed by atoms with Crippen molar-refractivity contribution in [2.24, 2.45) is 5.92 Å². The van der Waals surface area contributed by atoms with Crippen LogP contribution in [0.15, 0.2) is 34.0 Å². The number of aliphatic hydroxyl groups excluding tert-OH is 8. The normalized spacial score (nSPS) is 33.9. The quantitative estimate of drug-likeness (QED) is 0.0458. The molecule has 0 bridgehead atoms. The molecule has 0 aromatic carbocycles. The number of aromatic amines is 1. The van der Waals surface area contributed by atoms with Crippen molar-refractivity contribution in [3.05, 3.63) is 45.3 Å². The van der Waals surface area contributed by atoms with E-state index in [4.69, 9.17) is 18.9 Å². The molecule has 1 aromatic rings. The molecule has 0 unspecified atom stereocenters. The number of allylic oxidation sites excluding steroid dienone is 1. The first-order chi connectivity index (χ1) is 28.5. The van der Waals surface area contributed by atoms with Gasteiger partial charge < -0.3 is 70.4 Å². The maximum atomic E-state index is 13.2. The fourth-order valence-electron chi connectivity index (χ4n) is 7.80. The fraction of sp³-hybridized carbons (Fsp3) is 0.800. The van der Waals surface area contributed by atoms with Gasteiger partial charge in [0.1, 0.15) is 60.9 Å². The Morgan fingerprint density at radius 2 is 1.37 bits per heavy atom. The molecule has 0 aliphatic carbocycles. The first-order valence-electron chi connectivity index (χ1n) is 21.1. The number of rotatable bonds is 22. The summed E-state index contributed by atoms with van der Waals surface area (Å²) in [7, 11) is 0. The summed E-state index contributed by atoms with van der Waals surface area (Å²) in [5, 5.41) is 91.5. The summed E-state index contributed by atoms with van der Waals surface area (Å²) in [5.74, 6) is -0.604. The molecule has 0 radical (unpaired) electrons. The van der Waals surface area contributed by atoms with Crippen LogP contribution in [0.2, 0.25) is 0 Å². The van der Waals surface area contributed by atoms with Crippen LogP contribution in [-0.2, 0) is 28.5 Å². The number of hydrogen-bond acceptors (Lipinski definition) is 16. The molecule has 0 saturated carbocycles. The van der Waals surface area contributed by atoms with E-state index in [9.17, 15) is 60.0 Å². The zero-order chi connectivity index (χ0) is 44.1. The Hall–Kier alpha value is -3.12. The average Bonchev–Trinajstić information content (AvgIpc) is 3.49. The van der Waals surface area contributed by atoms with E-state index in [1.807, 2.05) is 4.98 Å². The molecule has 60 heavy (non-hydrogen) atoms. The van der Waals surface area contributed by atoms with E-state index in [2.05, 4.69) is 24.5 Å². The van der Waals surface area contributed by atoms with Crippen LogP contribution in [0, 0.1) is 5.92 Å². The van der Waals surface area contributed by atoms with Crippen LogP contribution in [0.5, 0.6) is 0 Å². The van der Waals surface area contributed by atoms with Crippen LogP contribution in [0.4, 0.5) is 0 Å². The molecule has 3 aliphatic heterocycles. The highest BCUT2D eigenvalue weighted by Crippen LogP contribution is 2.34. The molecule has 3 saturated heterocycles. The maximum Gasteiger partial charge on any atom is 0.330 e. The SMILES string of the molecule is CC(=O)N[C@H]1[C@H](O[C@@H]2O[C@@H](C[C@@H](O)[C@H]3O[C@@H](n4ccc(=O)[nH]c4=O)[C@H](O)[C@@H]3O)[C@H](O)[C@H](O)[C@H]2NC(=O)/C=C/CCCCCCCCCCCC(C)C)O[C@H](CO)[C@@H](O)[C@@H]1O. The lowest BCUT2D eigenvalue weighted by Gasteiger charge is -2.47. The molecule has 3 fully saturated rings. The Bertz CT molecular complexity index is 1630. The van der Waals surface area contributed by atoms with Gasteiger partial charge in [0.15, 0.2) is 18.8 Å². The number of unbranched alkanes of at least 4 members (excludes halogenated alkanes) is 9. The fourth-order valence-corrected chi connectivity index (χ4v) is 7.80. The summed E-state index contributed by atoms with van der Waals surface area (Å²) in [4.78, 5) is 51.2. The van der Waals surface area contributed by atoms with Crippen molar-refractivity contribution >= 4 is 11.8 Å². The summed E-state index contributed by atoms with van der Waals surface area (Å²) in [5.41, 5.74) is -1.68. The molecule has 11 N–H and O–H groups in total. The third-order valence-corrected chi connectivity index (χ3v) is 11.2. The lowest BCUT2D eigenvalue weighted by molar-refractivity contribution is -0.346. The summed E-state index contributed by atoms with van der Waals surface area (Å²) in [6, 6.07) is -2.01. The molecule has 4 heterocycles. The molecule has 1 aromatic heterocycles. The lowest BCUT2D eigenvalue weighted by atomic mass is 9.91. The van der Waals surface area contributed by atoms with Gasteiger partial charge in [0.2, 0.25) is 11.8 Å². The molecular formula is C40H66N4O16. The van der Waals surface area contributed by atoms with Gasteiger partial charge in [0.05, 0.1) is 18.8 Å². The van der Waals surface area contributed by atoms with E-state index in [-0.39, 0.29) is 0 Å².